The van der Waals surface area contributed by atoms with E-state index in [0.29, 0.717) is 0 Å². The van der Waals surface area contributed by atoms with Crippen LogP contribution in [0.1, 0.15) is 0 Å². The summed E-state index contributed by atoms with van der Waals surface area (Å²) in [6, 6.07) is 108. The van der Waals surface area contributed by atoms with Crippen molar-refractivity contribution in [3.8, 4) is 145 Å². The second kappa shape index (κ2) is 23.1. The Kier molecular flexibility index (Phi) is 14.0. The van der Waals surface area contributed by atoms with Gasteiger partial charge in [0.15, 0.2) is 0 Å². The number of hydrogen-bond donors (Lipinski definition) is 0. The van der Waals surface area contributed by atoms with Gasteiger partial charge in [-0.3, -0.25) is 19.9 Å². The fourth-order valence-electron chi connectivity index (χ4n) is 11.5. The summed E-state index contributed by atoms with van der Waals surface area (Å²) in [5.74, 6) is 0. The van der Waals surface area contributed by atoms with Crippen LogP contribution in [0.15, 0.2) is 328 Å². The molecule has 4 heteroatoms. The summed E-state index contributed by atoms with van der Waals surface area (Å²) in [6.07, 6.45) is 7.60. The van der Waals surface area contributed by atoms with Crippen LogP contribution < -0.4 is 0 Å². The molecule has 84 heavy (non-hydrogen) atoms. The van der Waals surface area contributed by atoms with Gasteiger partial charge in [0.2, 0.25) is 0 Å². The van der Waals surface area contributed by atoms with E-state index < -0.39 is 0 Å². The molecule has 394 valence electrons. The predicted octanol–water partition coefficient (Wildman–Crippen LogP) is 20.9. The monoisotopic (exact) mass is 1070 g/mol. The Morgan fingerprint density at radius 2 is 0.452 bits per heavy atom. The van der Waals surface area contributed by atoms with Crippen molar-refractivity contribution in [3.05, 3.63) is 328 Å². The summed E-state index contributed by atoms with van der Waals surface area (Å²) in [5, 5.41) is 0. The molecule has 0 spiro atoms. The maximum absolute atomic E-state index is 4.92. The number of nitrogens with zero attached hydrogens (tertiary/aromatic N) is 4. The van der Waals surface area contributed by atoms with Crippen LogP contribution in [0, 0.1) is 0 Å². The third-order valence-electron chi connectivity index (χ3n) is 15.8. The highest BCUT2D eigenvalue weighted by Crippen LogP contribution is 2.43. The predicted molar refractivity (Wildman–Crippen MR) is 348 cm³/mol. The normalized spacial score (nSPS) is 11.1. The van der Waals surface area contributed by atoms with Gasteiger partial charge in [-0.25, -0.2) is 0 Å². The van der Waals surface area contributed by atoms with E-state index in [0.717, 1.165) is 123 Å². The van der Waals surface area contributed by atoms with Gasteiger partial charge < -0.3 is 0 Å². The Labute approximate surface area is 490 Å². The molecule has 10 aromatic carbocycles. The number of pyridine rings is 4. The minimum atomic E-state index is 0.833. The van der Waals surface area contributed by atoms with E-state index in [9.17, 15) is 0 Å². The van der Waals surface area contributed by atoms with Gasteiger partial charge in [-0.2, -0.15) is 0 Å². The molecule has 0 atom stereocenters. The van der Waals surface area contributed by atoms with Crippen molar-refractivity contribution in [2.45, 2.75) is 0 Å². The summed E-state index contributed by atoms with van der Waals surface area (Å²) in [5.41, 5.74) is 28.3. The highest BCUT2D eigenvalue weighted by molar-refractivity contribution is 5.95. The quantitative estimate of drug-likeness (QED) is 0.115. The first-order valence-corrected chi connectivity index (χ1v) is 28.4. The number of hydrogen-bond acceptors (Lipinski definition) is 4. The van der Waals surface area contributed by atoms with Crippen molar-refractivity contribution in [2.24, 2.45) is 0 Å². The van der Waals surface area contributed by atoms with Crippen molar-refractivity contribution < 1.29 is 0 Å². The van der Waals surface area contributed by atoms with Crippen LogP contribution in [0.5, 0.6) is 0 Å². The highest BCUT2D eigenvalue weighted by atomic mass is 14.8. The Hall–Kier alpha value is -11.2. The number of rotatable bonds is 13. The maximum atomic E-state index is 4.92. The number of aromatic nitrogens is 4. The molecule has 0 fully saturated rings. The van der Waals surface area contributed by atoms with E-state index in [1.165, 1.54) is 22.3 Å². The molecule has 0 N–H and O–H groups in total. The van der Waals surface area contributed by atoms with E-state index in [1.54, 1.807) is 6.20 Å². The van der Waals surface area contributed by atoms with Crippen LogP contribution in [0.25, 0.3) is 145 Å². The first-order valence-electron chi connectivity index (χ1n) is 28.4. The van der Waals surface area contributed by atoms with E-state index in [-0.39, 0.29) is 0 Å². The van der Waals surface area contributed by atoms with E-state index >= 15 is 0 Å². The summed E-state index contributed by atoms with van der Waals surface area (Å²) >= 11 is 0. The molecule has 4 heterocycles. The SMILES string of the molecule is c1ccc(-c2cccc(-c3ccnc(-c4ccc(-c5ccccc5-c5cc(-c6ccccc6-c6ccc(-c7cc(-c8cccc(-c9ccccc9)c8)ccn7)cc6)cc(-c6ccccc6-c6ccc(-c7ccccn7)nc6)c5)cc4)c3)c2)cc1. The molecule has 0 amide bonds. The first kappa shape index (κ1) is 51.0. The molecule has 14 rings (SSSR count). The fourth-order valence-corrected chi connectivity index (χ4v) is 11.5. The minimum Gasteiger partial charge on any atom is -0.256 e. The van der Waals surface area contributed by atoms with E-state index in [2.05, 4.69) is 290 Å². The van der Waals surface area contributed by atoms with Crippen molar-refractivity contribution >= 4 is 0 Å². The van der Waals surface area contributed by atoms with Crippen LogP contribution in [0.2, 0.25) is 0 Å². The number of benzene rings is 10. The van der Waals surface area contributed by atoms with Crippen molar-refractivity contribution in [1.82, 2.24) is 19.9 Å². The molecule has 0 aliphatic carbocycles. The van der Waals surface area contributed by atoms with E-state index in [1.807, 2.05) is 36.8 Å². The lowest BCUT2D eigenvalue weighted by Gasteiger charge is -2.18. The Bertz CT molecular complexity index is 4380. The summed E-state index contributed by atoms with van der Waals surface area (Å²) in [7, 11) is 0. The van der Waals surface area contributed by atoms with Gasteiger partial charge >= 0.3 is 0 Å². The molecule has 4 nitrogen and oxygen atoms in total. The van der Waals surface area contributed by atoms with Gasteiger partial charge in [0, 0.05) is 41.5 Å². The zero-order valence-electron chi connectivity index (χ0n) is 46.0. The second-order valence-corrected chi connectivity index (χ2v) is 21.0. The Morgan fingerprint density at radius 3 is 0.857 bits per heavy atom. The van der Waals surface area contributed by atoms with Gasteiger partial charge in [0.1, 0.15) is 0 Å². The molecule has 0 aliphatic heterocycles. The van der Waals surface area contributed by atoms with Gasteiger partial charge in [0.25, 0.3) is 0 Å². The molecule has 4 aromatic heterocycles. The van der Waals surface area contributed by atoms with Crippen LogP contribution in [0.3, 0.4) is 0 Å². The van der Waals surface area contributed by atoms with Crippen LogP contribution >= 0.6 is 0 Å². The Balaban J connectivity index is 0.830. The first-order chi connectivity index (χ1) is 41.6. The molecular formula is C80H54N4. The lowest BCUT2D eigenvalue weighted by molar-refractivity contribution is 1.25. The van der Waals surface area contributed by atoms with Gasteiger partial charge in [0.05, 0.1) is 22.8 Å². The van der Waals surface area contributed by atoms with Gasteiger partial charge in [-0.05, 0) is 179 Å². The summed E-state index contributed by atoms with van der Waals surface area (Å²) < 4.78 is 0. The molecule has 0 aliphatic rings. The molecular weight excluding hydrogens is 1020 g/mol. The lowest BCUT2D eigenvalue weighted by atomic mass is 9.86. The molecule has 0 saturated heterocycles. The zero-order chi connectivity index (χ0) is 56.0. The maximum Gasteiger partial charge on any atom is 0.0886 e. The molecule has 14 aromatic rings. The second-order valence-electron chi connectivity index (χ2n) is 21.0. The largest absolute Gasteiger partial charge is 0.256 e. The minimum absolute atomic E-state index is 0.833. The van der Waals surface area contributed by atoms with Gasteiger partial charge in [-0.1, -0.05) is 231 Å². The summed E-state index contributed by atoms with van der Waals surface area (Å²) in [4.78, 5) is 19.2. The van der Waals surface area contributed by atoms with Crippen LogP contribution in [0.4, 0.5) is 0 Å². The molecule has 0 saturated carbocycles. The molecule has 0 radical (unpaired) electrons. The average Bonchev–Trinajstić information content (AvgIpc) is 3.72. The van der Waals surface area contributed by atoms with E-state index in [4.69, 9.17) is 15.0 Å². The fraction of sp³-hybridized carbons (Fsp3) is 0. The topological polar surface area (TPSA) is 51.6 Å². The Morgan fingerprint density at radius 1 is 0.143 bits per heavy atom. The summed E-state index contributed by atoms with van der Waals surface area (Å²) in [6.45, 7) is 0. The third kappa shape index (κ3) is 10.7. The highest BCUT2D eigenvalue weighted by Gasteiger charge is 2.18. The van der Waals surface area contributed by atoms with Crippen molar-refractivity contribution in [3.63, 3.8) is 0 Å². The third-order valence-corrected chi connectivity index (χ3v) is 15.8. The van der Waals surface area contributed by atoms with Gasteiger partial charge in [-0.15, -0.1) is 0 Å². The standard InChI is InChI=1S/C80H54N4/c1-3-17-55(18-4-1)61-21-15-23-63(47-61)65-42-45-82-79(52-65)59-36-32-57(33-37-59)71-25-7-10-28-74(71)68-49-69(51-70(50-68)76-30-12-9-27-73(76)67-40-41-78(84-54-67)77-31-13-14-44-81-77)75-29-11-8-26-72(75)58-34-38-60(39-35-58)80-53-66(43-46-83-80)64-24-16-22-62(48-64)56-19-5-2-6-20-56/h1-54H. The van der Waals surface area contributed by atoms with Crippen LogP contribution in [-0.2, 0) is 0 Å². The smallest absolute Gasteiger partial charge is 0.0886 e. The molecule has 0 unspecified atom stereocenters. The zero-order valence-corrected chi connectivity index (χ0v) is 46.0. The van der Waals surface area contributed by atoms with Crippen molar-refractivity contribution in [1.29, 1.82) is 0 Å². The molecule has 0 bridgehead atoms. The van der Waals surface area contributed by atoms with Crippen LogP contribution in [-0.4, -0.2) is 19.9 Å². The average molecular weight is 1070 g/mol. The lowest BCUT2D eigenvalue weighted by Crippen LogP contribution is -1.93. The van der Waals surface area contributed by atoms with Crippen molar-refractivity contribution in [2.75, 3.05) is 0 Å².